The quantitative estimate of drug-likeness (QED) is 0.413. The average molecular weight is 401 g/mol. The van der Waals surface area contributed by atoms with Gasteiger partial charge in [0.1, 0.15) is 6.04 Å². The van der Waals surface area contributed by atoms with Gasteiger partial charge in [-0.15, -0.1) is 0 Å². The zero-order chi connectivity index (χ0) is 21.8. The van der Waals surface area contributed by atoms with Crippen LogP contribution in [0.4, 0.5) is 0 Å². The highest BCUT2D eigenvalue weighted by molar-refractivity contribution is 6.43. The number of aliphatic carboxylic acids is 1. The standard InChI is InChI=1S/C15H14N2O3.C5H14BNO2/c18-14(12-7-4-8-16-10-12)17-13(15(19)20)9-11-5-2-1-3-6-11;1-4(2)3-5(7)6(8)9/h1-8,10,13H,9H2,(H,17,18)(H,19,20);4-5,8-9H,3,7H2,1-2H3/t13-;5-/m00/s1. The predicted octanol–water partition coefficient (Wildman–Crippen LogP) is 0.879. The molecule has 0 bridgehead atoms. The Kier molecular flexibility index (Phi) is 10.6. The monoisotopic (exact) mass is 401 g/mol. The minimum Gasteiger partial charge on any atom is -0.480 e. The van der Waals surface area contributed by atoms with Crippen molar-refractivity contribution in [1.29, 1.82) is 0 Å². The number of pyridine rings is 1. The van der Waals surface area contributed by atoms with E-state index in [1.54, 1.807) is 18.3 Å². The number of carboxylic acid groups (broad SMARTS) is 1. The average Bonchev–Trinajstić information content (AvgIpc) is 2.68. The van der Waals surface area contributed by atoms with Gasteiger partial charge >= 0.3 is 13.1 Å². The van der Waals surface area contributed by atoms with Gasteiger partial charge in [0.15, 0.2) is 0 Å². The van der Waals surface area contributed by atoms with Crippen molar-refractivity contribution in [3.8, 4) is 0 Å². The number of nitrogens with one attached hydrogen (secondary N) is 1. The van der Waals surface area contributed by atoms with Crippen molar-refractivity contribution >= 4 is 19.0 Å². The van der Waals surface area contributed by atoms with Crippen LogP contribution < -0.4 is 11.1 Å². The van der Waals surface area contributed by atoms with Crippen LogP contribution in [0.2, 0.25) is 0 Å². The van der Waals surface area contributed by atoms with Crippen LogP contribution >= 0.6 is 0 Å². The van der Waals surface area contributed by atoms with E-state index in [1.807, 2.05) is 44.2 Å². The minimum atomic E-state index is -1.37. The van der Waals surface area contributed by atoms with Crippen LogP contribution in [0.5, 0.6) is 0 Å². The number of nitrogens with zero attached hydrogens (tertiary/aromatic N) is 1. The van der Waals surface area contributed by atoms with Crippen LogP contribution in [0.3, 0.4) is 0 Å². The van der Waals surface area contributed by atoms with Crippen LogP contribution in [0.25, 0.3) is 0 Å². The van der Waals surface area contributed by atoms with Gasteiger partial charge < -0.3 is 26.2 Å². The van der Waals surface area contributed by atoms with Gasteiger partial charge in [0.2, 0.25) is 0 Å². The molecule has 9 heteroatoms. The third-order valence-electron chi connectivity index (χ3n) is 3.94. The highest BCUT2D eigenvalue weighted by Crippen LogP contribution is 2.05. The summed E-state index contributed by atoms with van der Waals surface area (Å²) < 4.78 is 0. The van der Waals surface area contributed by atoms with Crippen molar-refractivity contribution in [2.45, 2.75) is 38.7 Å². The molecule has 2 atom stereocenters. The summed E-state index contributed by atoms with van der Waals surface area (Å²) in [6, 6.07) is 11.4. The van der Waals surface area contributed by atoms with E-state index < -0.39 is 31.0 Å². The molecule has 2 aromatic rings. The zero-order valence-corrected chi connectivity index (χ0v) is 16.6. The van der Waals surface area contributed by atoms with Crippen molar-refractivity contribution in [3.63, 3.8) is 0 Å². The molecule has 0 fully saturated rings. The van der Waals surface area contributed by atoms with Gasteiger partial charge in [-0.05, 0) is 30.0 Å². The van der Waals surface area contributed by atoms with E-state index in [-0.39, 0.29) is 6.42 Å². The lowest BCUT2D eigenvalue weighted by molar-refractivity contribution is -0.139. The molecule has 156 valence electrons. The SMILES string of the molecule is CC(C)C[C@H](N)B(O)O.O=C(N[C@@H](Cc1ccccc1)C(=O)O)c1cccnc1. The molecule has 1 aromatic heterocycles. The van der Waals surface area contributed by atoms with Crippen LogP contribution in [0.15, 0.2) is 54.9 Å². The van der Waals surface area contributed by atoms with Gasteiger partial charge in [0.25, 0.3) is 5.91 Å². The van der Waals surface area contributed by atoms with E-state index >= 15 is 0 Å². The van der Waals surface area contributed by atoms with Gasteiger partial charge in [-0.25, -0.2) is 4.79 Å². The third kappa shape index (κ3) is 9.84. The normalized spacial score (nSPS) is 12.3. The molecule has 0 saturated heterocycles. The summed E-state index contributed by atoms with van der Waals surface area (Å²) in [7, 11) is -1.37. The molecule has 0 spiro atoms. The lowest BCUT2D eigenvalue weighted by Gasteiger charge is -2.14. The molecule has 2 rings (SSSR count). The number of benzene rings is 1. The Morgan fingerprint density at radius 3 is 2.24 bits per heavy atom. The summed E-state index contributed by atoms with van der Waals surface area (Å²) >= 11 is 0. The molecule has 29 heavy (non-hydrogen) atoms. The van der Waals surface area contributed by atoms with Gasteiger partial charge in [-0.3, -0.25) is 9.78 Å². The van der Waals surface area contributed by atoms with E-state index in [4.69, 9.17) is 15.8 Å². The Morgan fingerprint density at radius 1 is 1.14 bits per heavy atom. The van der Waals surface area contributed by atoms with Gasteiger partial charge in [0.05, 0.1) is 5.56 Å². The number of carboxylic acids is 1. The predicted molar refractivity (Wildman–Crippen MR) is 111 cm³/mol. The van der Waals surface area contributed by atoms with E-state index in [2.05, 4.69) is 10.3 Å². The van der Waals surface area contributed by atoms with Crippen molar-refractivity contribution in [3.05, 3.63) is 66.0 Å². The first-order valence-corrected chi connectivity index (χ1v) is 9.30. The fraction of sp³-hybridized carbons (Fsp3) is 0.350. The van der Waals surface area contributed by atoms with Gasteiger partial charge in [0, 0.05) is 24.8 Å². The first-order valence-electron chi connectivity index (χ1n) is 9.30. The second-order valence-electron chi connectivity index (χ2n) is 7.00. The van der Waals surface area contributed by atoms with Crippen molar-refractivity contribution < 1.29 is 24.7 Å². The molecule has 0 aliphatic carbocycles. The Labute approximate surface area is 170 Å². The number of amides is 1. The molecule has 1 heterocycles. The molecule has 0 radical (unpaired) electrons. The molecular weight excluding hydrogens is 373 g/mol. The molecule has 6 N–H and O–H groups in total. The van der Waals surface area contributed by atoms with Crippen molar-refractivity contribution in [2.24, 2.45) is 11.7 Å². The van der Waals surface area contributed by atoms with E-state index in [9.17, 15) is 14.7 Å². The molecule has 0 aliphatic rings. The molecule has 0 saturated carbocycles. The maximum Gasteiger partial charge on any atom is 0.469 e. The number of carbonyl (C=O) groups is 2. The summed E-state index contributed by atoms with van der Waals surface area (Å²) in [6.07, 6.45) is 3.84. The summed E-state index contributed by atoms with van der Waals surface area (Å²) in [5.74, 6) is -1.58. The Bertz CT molecular complexity index is 744. The number of rotatable bonds is 8. The first kappa shape index (κ1) is 24.3. The second kappa shape index (κ2) is 12.7. The molecule has 1 aromatic carbocycles. The lowest BCUT2D eigenvalue weighted by Crippen LogP contribution is -2.42. The zero-order valence-electron chi connectivity index (χ0n) is 16.6. The van der Waals surface area contributed by atoms with Crippen LogP contribution in [0, 0.1) is 5.92 Å². The van der Waals surface area contributed by atoms with Crippen LogP contribution in [-0.2, 0) is 11.2 Å². The summed E-state index contributed by atoms with van der Waals surface area (Å²) in [4.78, 5) is 27.0. The van der Waals surface area contributed by atoms with Gasteiger partial charge in [-0.1, -0.05) is 44.2 Å². The largest absolute Gasteiger partial charge is 0.480 e. The topological polar surface area (TPSA) is 146 Å². The Morgan fingerprint density at radius 2 is 1.79 bits per heavy atom. The van der Waals surface area contributed by atoms with Crippen molar-refractivity contribution in [1.82, 2.24) is 10.3 Å². The smallest absolute Gasteiger partial charge is 0.469 e. The summed E-state index contributed by atoms with van der Waals surface area (Å²) in [5.41, 5.74) is 6.51. The van der Waals surface area contributed by atoms with Crippen LogP contribution in [-0.4, -0.2) is 51.1 Å². The van der Waals surface area contributed by atoms with E-state index in [0.29, 0.717) is 17.9 Å². The second-order valence-corrected chi connectivity index (χ2v) is 7.00. The fourth-order valence-electron chi connectivity index (χ4n) is 2.45. The van der Waals surface area contributed by atoms with E-state index in [0.717, 1.165) is 5.56 Å². The highest BCUT2D eigenvalue weighted by atomic mass is 16.4. The summed E-state index contributed by atoms with van der Waals surface area (Å²) in [5, 5.41) is 28.7. The summed E-state index contributed by atoms with van der Waals surface area (Å²) in [6.45, 7) is 3.98. The number of hydrogen-bond donors (Lipinski definition) is 5. The number of aromatic nitrogens is 1. The number of nitrogens with two attached hydrogens (primary N) is 1. The molecular formula is C20H28BN3O5. The minimum absolute atomic E-state index is 0.238. The first-order chi connectivity index (χ1) is 13.7. The number of carbonyl (C=O) groups excluding carboxylic acids is 1. The number of hydrogen-bond acceptors (Lipinski definition) is 6. The van der Waals surface area contributed by atoms with Gasteiger partial charge in [-0.2, -0.15) is 0 Å². The lowest BCUT2D eigenvalue weighted by atomic mass is 9.76. The molecule has 0 unspecified atom stereocenters. The molecule has 0 aliphatic heterocycles. The van der Waals surface area contributed by atoms with Crippen LogP contribution in [0.1, 0.15) is 36.2 Å². The molecule has 8 nitrogen and oxygen atoms in total. The maximum atomic E-state index is 11.9. The van der Waals surface area contributed by atoms with Crippen molar-refractivity contribution in [2.75, 3.05) is 0 Å². The van der Waals surface area contributed by atoms with E-state index in [1.165, 1.54) is 6.20 Å². The fourth-order valence-corrected chi connectivity index (χ4v) is 2.45. The maximum absolute atomic E-state index is 11.9. The highest BCUT2D eigenvalue weighted by Gasteiger charge is 2.21. The third-order valence-corrected chi connectivity index (χ3v) is 3.94. The Hall–Kier alpha value is -2.75. The Balaban J connectivity index is 0.000000396. The molecule has 1 amide bonds.